The molecule has 6 nitrogen and oxygen atoms in total. The molecule has 0 spiro atoms. The second-order valence-electron chi connectivity index (χ2n) is 13.1. The molecule has 2 fully saturated rings. The van der Waals surface area contributed by atoms with Crippen molar-refractivity contribution in [3.63, 3.8) is 0 Å². The van der Waals surface area contributed by atoms with Crippen LogP contribution in [-0.2, 0) is 11.3 Å². The molecule has 1 unspecified atom stereocenters. The van der Waals surface area contributed by atoms with Gasteiger partial charge in [0, 0.05) is 24.6 Å². The molecule has 1 saturated heterocycles. The second-order valence-corrected chi connectivity index (χ2v) is 13.1. The van der Waals surface area contributed by atoms with Crippen molar-refractivity contribution in [3.05, 3.63) is 70.1 Å². The van der Waals surface area contributed by atoms with Crippen LogP contribution in [0.15, 0.2) is 37.0 Å². The molecule has 1 aromatic heterocycles. The summed E-state index contributed by atoms with van der Waals surface area (Å²) in [5.74, 6) is -4.14. The van der Waals surface area contributed by atoms with Crippen molar-refractivity contribution >= 4 is 18.2 Å². The van der Waals surface area contributed by atoms with Gasteiger partial charge >= 0.3 is 0 Å². The molecule has 4 rings (SSSR count). The molecule has 250 valence electrons. The van der Waals surface area contributed by atoms with Gasteiger partial charge in [-0.15, -0.1) is 0 Å². The van der Waals surface area contributed by atoms with Crippen molar-refractivity contribution in [2.45, 2.75) is 108 Å². The SMILES string of the molecule is C=CN/C(N[C@H](C)c1cccc(C(F)(F)C2CCN(C(C)CCCCCCC)CC2)c1F)=c1/cc(C2(C#N)CC2)c(=C)nc1NC. The number of nitriles is 1. The Kier molecular flexibility index (Phi) is 11.8. The Hall–Kier alpha value is -3.51. The summed E-state index contributed by atoms with van der Waals surface area (Å²) in [7, 11) is 1.72. The number of alkyl halides is 2. The first kappa shape index (κ1) is 35.3. The molecule has 2 aliphatic rings. The number of nitrogens with zero attached hydrogens (tertiary/aromatic N) is 3. The van der Waals surface area contributed by atoms with Crippen molar-refractivity contribution in [1.82, 2.24) is 20.5 Å². The van der Waals surface area contributed by atoms with Crippen molar-refractivity contribution in [1.29, 1.82) is 5.26 Å². The Morgan fingerprint density at radius 1 is 1.20 bits per heavy atom. The first-order chi connectivity index (χ1) is 22.0. The molecule has 9 heteroatoms. The van der Waals surface area contributed by atoms with Crippen LogP contribution in [-0.4, -0.2) is 36.1 Å². The molecule has 3 N–H and O–H groups in total. The number of hydrogen-bond acceptors (Lipinski definition) is 6. The highest BCUT2D eigenvalue weighted by Crippen LogP contribution is 2.46. The number of likely N-dealkylation sites (tertiary alicyclic amines) is 1. The zero-order valence-corrected chi connectivity index (χ0v) is 28.0. The van der Waals surface area contributed by atoms with Gasteiger partial charge in [0.25, 0.3) is 5.92 Å². The van der Waals surface area contributed by atoms with Gasteiger partial charge in [0.15, 0.2) is 0 Å². The third-order valence-corrected chi connectivity index (χ3v) is 9.94. The summed E-state index contributed by atoms with van der Waals surface area (Å²) in [5.41, 5.74) is -0.296. The molecule has 1 saturated carbocycles. The van der Waals surface area contributed by atoms with Crippen LogP contribution in [0.1, 0.15) is 108 Å². The van der Waals surface area contributed by atoms with E-state index in [2.05, 4.69) is 58.9 Å². The van der Waals surface area contributed by atoms with E-state index in [1.807, 2.05) is 6.07 Å². The zero-order valence-electron chi connectivity index (χ0n) is 28.0. The fourth-order valence-corrected chi connectivity index (χ4v) is 6.80. The van der Waals surface area contributed by atoms with Gasteiger partial charge in [-0.1, -0.05) is 70.4 Å². The van der Waals surface area contributed by atoms with E-state index in [0.29, 0.717) is 54.2 Å². The number of halogens is 3. The van der Waals surface area contributed by atoms with E-state index in [4.69, 9.17) is 0 Å². The lowest BCUT2D eigenvalue weighted by molar-refractivity contribution is -0.0907. The second kappa shape index (κ2) is 15.4. The van der Waals surface area contributed by atoms with Crippen molar-refractivity contribution in [2.75, 3.05) is 25.5 Å². The Morgan fingerprint density at radius 2 is 1.89 bits per heavy atom. The summed E-state index contributed by atoms with van der Waals surface area (Å²) in [5, 5.41) is 20.3. The summed E-state index contributed by atoms with van der Waals surface area (Å²) in [6.07, 6.45) is 10.8. The number of nitrogens with one attached hydrogen (secondary N) is 3. The molecule has 1 aliphatic heterocycles. The highest BCUT2D eigenvalue weighted by atomic mass is 19.3. The lowest BCUT2D eigenvalue weighted by Crippen LogP contribution is -2.43. The minimum atomic E-state index is -3.29. The Morgan fingerprint density at radius 3 is 2.50 bits per heavy atom. The van der Waals surface area contributed by atoms with E-state index < -0.39 is 34.7 Å². The number of hydrogen-bond donors (Lipinski definition) is 3. The van der Waals surface area contributed by atoms with Crippen LogP contribution in [0.25, 0.3) is 12.4 Å². The summed E-state index contributed by atoms with van der Waals surface area (Å²) >= 11 is 0. The number of benzene rings is 1. The molecule has 1 aromatic carbocycles. The van der Waals surface area contributed by atoms with Crippen LogP contribution in [0.2, 0.25) is 0 Å². The van der Waals surface area contributed by atoms with Crippen LogP contribution in [0.3, 0.4) is 0 Å². The monoisotopic (exact) mass is 636 g/mol. The molecule has 2 aromatic rings. The Bertz CT molecular complexity index is 1500. The van der Waals surface area contributed by atoms with E-state index in [1.165, 1.54) is 50.4 Å². The molecular formula is C37H51F3N6. The number of aromatic nitrogens is 1. The first-order valence-corrected chi connectivity index (χ1v) is 16.9. The van der Waals surface area contributed by atoms with Gasteiger partial charge in [0.2, 0.25) is 0 Å². The van der Waals surface area contributed by atoms with Crippen molar-refractivity contribution in [3.8, 4) is 6.07 Å². The van der Waals surface area contributed by atoms with Crippen LogP contribution in [0.5, 0.6) is 0 Å². The lowest BCUT2D eigenvalue weighted by Gasteiger charge is -2.39. The summed E-state index contributed by atoms with van der Waals surface area (Å²) in [4.78, 5) is 6.92. The number of unbranched alkanes of at least 4 members (excludes halogenated alkanes) is 4. The number of pyridine rings is 1. The van der Waals surface area contributed by atoms with E-state index in [0.717, 1.165) is 24.8 Å². The van der Waals surface area contributed by atoms with Gasteiger partial charge < -0.3 is 20.9 Å². The molecule has 0 bridgehead atoms. The quantitative estimate of drug-likeness (QED) is 0.174. The maximum absolute atomic E-state index is 16.1. The fraction of sp³-hybridized carbons (Fsp3) is 0.568. The molecule has 46 heavy (non-hydrogen) atoms. The average Bonchev–Trinajstić information content (AvgIpc) is 3.85. The third-order valence-electron chi connectivity index (χ3n) is 9.94. The summed E-state index contributed by atoms with van der Waals surface area (Å²) in [6.45, 7) is 15.2. The molecular weight excluding hydrogens is 585 g/mol. The summed E-state index contributed by atoms with van der Waals surface area (Å²) in [6, 6.07) is 8.22. The number of anilines is 1. The molecule has 2 heterocycles. The average molecular weight is 637 g/mol. The highest BCUT2D eigenvalue weighted by Gasteiger charge is 2.46. The molecule has 2 atom stereocenters. The predicted molar refractivity (Wildman–Crippen MR) is 181 cm³/mol. The maximum atomic E-state index is 16.1. The molecule has 0 radical (unpaired) electrons. The Labute approximate surface area is 272 Å². The smallest absolute Gasteiger partial charge is 0.278 e. The van der Waals surface area contributed by atoms with Gasteiger partial charge in [-0.25, -0.2) is 18.2 Å². The number of rotatable bonds is 16. The molecule has 0 amide bonds. The van der Waals surface area contributed by atoms with E-state index in [1.54, 1.807) is 20.0 Å². The van der Waals surface area contributed by atoms with E-state index in [9.17, 15) is 5.26 Å². The maximum Gasteiger partial charge on any atom is 0.278 e. The lowest BCUT2D eigenvalue weighted by atomic mass is 9.84. The molecule has 1 aliphatic carbocycles. The topological polar surface area (TPSA) is 76.0 Å². The summed E-state index contributed by atoms with van der Waals surface area (Å²) < 4.78 is 48.1. The van der Waals surface area contributed by atoms with Gasteiger partial charge in [0.05, 0.1) is 33.7 Å². The van der Waals surface area contributed by atoms with Gasteiger partial charge in [-0.05, 0) is 76.9 Å². The predicted octanol–water partition coefficient (Wildman–Crippen LogP) is 6.93. The van der Waals surface area contributed by atoms with Crippen molar-refractivity contribution < 1.29 is 13.2 Å². The van der Waals surface area contributed by atoms with E-state index in [-0.39, 0.29) is 5.56 Å². The number of piperidine rings is 1. The van der Waals surface area contributed by atoms with E-state index >= 15 is 13.2 Å². The van der Waals surface area contributed by atoms with Crippen LogP contribution >= 0.6 is 0 Å². The minimum Gasteiger partial charge on any atom is -0.373 e. The van der Waals surface area contributed by atoms with Crippen LogP contribution in [0.4, 0.5) is 19.0 Å². The zero-order chi connectivity index (χ0) is 33.5. The Balaban J connectivity index is 1.53. The van der Waals surface area contributed by atoms with Crippen LogP contribution < -0.4 is 26.5 Å². The van der Waals surface area contributed by atoms with Gasteiger partial charge in [-0.2, -0.15) is 5.26 Å². The van der Waals surface area contributed by atoms with Gasteiger partial charge in [-0.3, -0.25) is 0 Å². The van der Waals surface area contributed by atoms with Gasteiger partial charge in [0.1, 0.15) is 17.5 Å². The fourth-order valence-electron chi connectivity index (χ4n) is 6.80. The largest absolute Gasteiger partial charge is 0.373 e. The van der Waals surface area contributed by atoms with Crippen molar-refractivity contribution in [2.24, 2.45) is 5.92 Å². The third kappa shape index (κ3) is 7.71. The standard InChI is InChI=1S/C37H51F3N6/c1-7-9-10-11-12-14-25(3)46-21-17-28(18-22-46)37(39,40)31-16-13-15-29(33(31)38)26(4)44-35(43-8-2)30-23-32(36(24-41)19-20-36)27(5)45-34(30)42-6/h8,13,15-16,23,25-26,28,43-44H,2,5,7,9-12,14,17-22H2,1,3-4,6H3,(H,42,45)/b35-30+/t25?,26-/m1/s1. The first-order valence-electron chi connectivity index (χ1n) is 16.9. The highest BCUT2D eigenvalue weighted by molar-refractivity contribution is 5.55. The van der Waals surface area contributed by atoms with Crippen LogP contribution in [0, 0.1) is 23.1 Å². The normalized spacial score (nSPS) is 18.7. The minimum absolute atomic E-state index is 0.137.